The Morgan fingerprint density at radius 3 is 3.20 bits per heavy atom. The molecule has 0 bridgehead atoms. The largest absolute Gasteiger partial charge is 0.276 e. The Morgan fingerprint density at radius 2 is 2.67 bits per heavy atom. The van der Waals surface area contributed by atoms with Crippen LogP contribution < -0.4 is 11.3 Å². The molecule has 1 aromatic heterocycles. The Balaban J connectivity index is 1.95. The summed E-state index contributed by atoms with van der Waals surface area (Å²) in [5.41, 5.74) is 4.06. The van der Waals surface area contributed by atoms with Crippen LogP contribution in [0.4, 0.5) is 0 Å². The average Bonchev–Trinajstić information content (AvgIpc) is 2.85. The van der Waals surface area contributed by atoms with E-state index in [1.54, 1.807) is 0 Å². The fourth-order valence-corrected chi connectivity index (χ4v) is 3.37. The molecule has 1 aliphatic heterocycles. The van der Waals surface area contributed by atoms with Gasteiger partial charge in [-0.05, 0) is 29.9 Å². The second kappa shape index (κ2) is 5.01. The van der Waals surface area contributed by atoms with Crippen molar-refractivity contribution in [3.05, 3.63) is 18.0 Å². The highest BCUT2D eigenvalue weighted by molar-refractivity contribution is 7.99. The van der Waals surface area contributed by atoms with Crippen LogP contribution in [-0.4, -0.2) is 27.3 Å². The maximum atomic E-state index is 5.61. The second-order valence-corrected chi connectivity index (χ2v) is 5.23. The van der Waals surface area contributed by atoms with Crippen LogP contribution in [0.5, 0.6) is 0 Å². The molecule has 1 fully saturated rings. The van der Waals surface area contributed by atoms with Gasteiger partial charge in [0.2, 0.25) is 0 Å². The summed E-state index contributed by atoms with van der Waals surface area (Å²) in [4.78, 5) is 0. The lowest BCUT2D eigenvalue weighted by Crippen LogP contribution is -2.42. The smallest absolute Gasteiger partial charge is 0.0640 e. The summed E-state index contributed by atoms with van der Waals surface area (Å²) >= 11 is 2.02. The number of aromatic nitrogens is 2. The highest BCUT2D eigenvalue weighted by atomic mass is 32.2. The normalized spacial score (nSPS) is 23.2. The lowest BCUT2D eigenvalue weighted by Gasteiger charge is -2.20. The molecule has 4 nitrogen and oxygen atoms in total. The molecule has 5 heteroatoms. The van der Waals surface area contributed by atoms with Crippen molar-refractivity contribution in [1.82, 2.24) is 15.2 Å². The van der Waals surface area contributed by atoms with Gasteiger partial charge in [-0.25, -0.2) is 0 Å². The Hall–Kier alpha value is -0.520. The minimum atomic E-state index is 0.370. The fraction of sp³-hybridized carbons (Fsp3) is 0.700. The van der Waals surface area contributed by atoms with Crippen LogP contribution in [0.2, 0.25) is 0 Å². The highest BCUT2D eigenvalue weighted by Crippen LogP contribution is 2.27. The number of nitrogens with one attached hydrogen (secondary N) is 1. The number of hydrogen-bond acceptors (Lipinski definition) is 4. The Bertz CT molecular complexity index is 306. The number of rotatable bonds is 4. The van der Waals surface area contributed by atoms with Crippen LogP contribution in [-0.2, 0) is 13.5 Å². The topological polar surface area (TPSA) is 55.9 Å². The predicted octanol–water partition coefficient (Wildman–Crippen LogP) is 0.548. The van der Waals surface area contributed by atoms with Gasteiger partial charge in [-0.15, -0.1) is 0 Å². The van der Waals surface area contributed by atoms with E-state index >= 15 is 0 Å². The minimum Gasteiger partial charge on any atom is -0.276 e. The van der Waals surface area contributed by atoms with Gasteiger partial charge in [-0.3, -0.25) is 16.0 Å². The van der Waals surface area contributed by atoms with Gasteiger partial charge in [0.25, 0.3) is 0 Å². The van der Waals surface area contributed by atoms with E-state index in [4.69, 9.17) is 5.84 Å². The van der Waals surface area contributed by atoms with Gasteiger partial charge < -0.3 is 0 Å². The number of hydrogen-bond donors (Lipinski definition) is 2. The molecule has 2 heterocycles. The summed E-state index contributed by atoms with van der Waals surface area (Å²) in [6, 6.07) is 2.43. The van der Waals surface area contributed by atoms with Crippen molar-refractivity contribution in [2.24, 2.45) is 18.8 Å². The summed E-state index contributed by atoms with van der Waals surface area (Å²) < 4.78 is 1.84. The van der Waals surface area contributed by atoms with E-state index in [9.17, 15) is 0 Å². The summed E-state index contributed by atoms with van der Waals surface area (Å²) in [5, 5.41) is 4.38. The van der Waals surface area contributed by atoms with E-state index < -0.39 is 0 Å². The molecule has 0 aromatic carbocycles. The summed E-state index contributed by atoms with van der Waals surface area (Å²) in [7, 11) is 1.94. The molecule has 1 saturated heterocycles. The molecule has 1 aromatic rings. The molecule has 0 aliphatic carbocycles. The first-order chi connectivity index (χ1) is 7.29. The predicted molar refractivity (Wildman–Crippen MR) is 63.5 cm³/mol. The molecule has 0 spiro atoms. The molecule has 0 amide bonds. The number of nitrogens with two attached hydrogens (primary N) is 1. The third kappa shape index (κ3) is 2.74. The second-order valence-electron chi connectivity index (χ2n) is 4.08. The Labute approximate surface area is 94.6 Å². The van der Waals surface area contributed by atoms with E-state index in [1.165, 1.54) is 17.9 Å². The fourth-order valence-electron chi connectivity index (χ4n) is 2.03. The molecule has 2 unspecified atom stereocenters. The molecule has 84 valence electrons. The van der Waals surface area contributed by atoms with Crippen molar-refractivity contribution >= 4 is 11.8 Å². The van der Waals surface area contributed by atoms with Gasteiger partial charge in [-0.2, -0.15) is 16.9 Å². The first kappa shape index (κ1) is 11.0. The Kier molecular flexibility index (Phi) is 3.66. The molecular formula is C10H18N4S. The quantitative estimate of drug-likeness (QED) is 0.581. The van der Waals surface area contributed by atoms with Crippen molar-refractivity contribution in [3.63, 3.8) is 0 Å². The van der Waals surface area contributed by atoms with Crippen molar-refractivity contribution in [3.8, 4) is 0 Å². The number of nitrogens with zero attached hydrogens (tertiary/aromatic N) is 2. The van der Waals surface area contributed by atoms with Crippen LogP contribution >= 0.6 is 11.8 Å². The molecule has 2 rings (SSSR count). The maximum absolute atomic E-state index is 5.61. The van der Waals surface area contributed by atoms with Gasteiger partial charge in [0.05, 0.1) is 5.69 Å². The van der Waals surface area contributed by atoms with Gasteiger partial charge in [0.1, 0.15) is 0 Å². The Morgan fingerprint density at radius 1 is 1.80 bits per heavy atom. The monoisotopic (exact) mass is 226 g/mol. The van der Waals surface area contributed by atoms with E-state index in [2.05, 4.69) is 16.6 Å². The van der Waals surface area contributed by atoms with Crippen molar-refractivity contribution in [2.45, 2.75) is 18.9 Å². The van der Waals surface area contributed by atoms with Crippen LogP contribution in [0.25, 0.3) is 0 Å². The molecule has 1 aliphatic rings. The van der Waals surface area contributed by atoms with E-state index in [-0.39, 0.29) is 0 Å². The third-order valence-corrected chi connectivity index (χ3v) is 4.13. The summed E-state index contributed by atoms with van der Waals surface area (Å²) in [6.07, 6.45) is 4.18. The molecule has 3 N–H and O–H groups in total. The number of thioether (sulfide) groups is 1. The summed E-state index contributed by atoms with van der Waals surface area (Å²) in [5.74, 6) is 8.80. The zero-order valence-electron chi connectivity index (χ0n) is 9.02. The van der Waals surface area contributed by atoms with Gasteiger partial charge in [0.15, 0.2) is 0 Å². The zero-order chi connectivity index (χ0) is 10.7. The average molecular weight is 226 g/mol. The van der Waals surface area contributed by atoms with Crippen molar-refractivity contribution in [1.29, 1.82) is 0 Å². The number of aryl methyl sites for hydroxylation is 1. The van der Waals surface area contributed by atoms with Crippen LogP contribution in [0.3, 0.4) is 0 Å². The van der Waals surface area contributed by atoms with Crippen LogP contribution in [0.15, 0.2) is 12.3 Å². The molecule has 2 atom stereocenters. The van der Waals surface area contributed by atoms with E-state index in [0.717, 1.165) is 12.1 Å². The van der Waals surface area contributed by atoms with Gasteiger partial charge >= 0.3 is 0 Å². The van der Waals surface area contributed by atoms with Crippen LogP contribution in [0, 0.1) is 5.92 Å². The lowest BCUT2D eigenvalue weighted by molar-refractivity contribution is 0.382. The molecule has 15 heavy (non-hydrogen) atoms. The first-order valence-corrected chi connectivity index (χ1v) is 6.47. The van der Waals surface area contributed by atoms with Crippen LogP contribution in [0.1, 0.15) is 12.1 Å². The maximum Gasteiger partial charge on any atom is 0.0640 e. The van der Waals surface area contributed by atoms with Gasteiger partial charge in [-0.1, -0.05) is 0 Å². The lowest BCUT2D eigenvalue weighted by atomic mass is 9.96. The third-order valence-electron chi connectivity index (χ3n) is 2.95. The van der Waals surface area contributed by atoms with Crippen molar-refractivity contribution in [2.75, 3.05) is 11.5 Å². The molecule has 0 radical (unpaired) electrons. The standard InChI is InChI=1S/C10H18N4S/c1-14-4-2-9(13-14)6-10(12-11)8-3-5-15-7-8/h2,4,8,10,12H,3,5-7,11H2,1H3. The van der Waals surface area contributed by atoms with Crippen molar-refractivity contribution < 1.29 is 0 Å². The van der Waals surface area contributed by atoms with E-state index in [0.29, 0.717) is 12.0 Å². The zero-order valence-corrected chi connectivity index (χ0v) is 9.83. The molecular weight excluding hydrogens is 208 g/mol. The highest BCUT2D eigenvalue weighted by Gasteiger charge is 2.25. The van der Waals surface area contributed by atoms with Gasteiger partial charge in [0, 0.05) is 25.7 Å². The first-order valence-electron chi connectivity index (χ1n) is 5.32. The number of hydrazine groups is 1. The molecule has 0 saturated carbocycles. The SMILES string of the molecule is Cn1ccc(CC(NN)C2CCSC2)n1. The summed E-state index contributed by atoms with van der Waals surface area (Å²) in [6.45, 7) is 0. The van der Waals surface area contributed by atoms with E-state index in [1.807, 2.05) is 29.7 Å². The minimum absolute atomic E-state index is 0.370.